The Balaban J connectivity index is 2.20. The van der Waals surface area contributed by atoms with Crippen LogP contribution in [0.15, 0.2) is 23.5 Å². The molecule has 0 atom stereocenters. The predicted molar refractivity (Wildman–Crippen MR) is 78.4 cm³/mol. The van der Waals surface area contributed by atoms with E-state index in [1.165, 1.54) is 17.2 Å². The van der Waals surface area contributed by atoms with Crippen molar-refractivity contribution in [2.24, 2.45) is 0 Å². The molecular formula is C12H12Cl2N4O2S. The third-order valence-corrected chi connectivity index (χ3v) is 5.40. The van der Waals surface area contributed by atoms with E-state index in [0.717, 1.165) is 25.7 Å². The van der Waals surface area contributed by atoms with Crippen molar-refractivity contribution in [3.63, 3.8) is 0 Å². The van der Waals surface area contributed by atoms with Crippen molar-refractivity contribution in [3.05, 3.63) is 29.4 Å². The molecule has 6 nitrogen and oxygen atoms in total. The highest BCUT2D eigenvalue weighted by molar-refractivity contribution is 8.13. The first kappa shape index (κ1) is 14.7. The lowest BCUT2D eigenvalue weighted by Crippen LogP contribution is -2.02. The van der Waals surface area contributed by atoms with E-state index >= 15 is 0 Å². The standard InChI is InChI=1S/C12H12Cl2N4O2S/c13-12-11(21(14,19)20)10(8-3-1-2-4-8)17-18(12)9-5-6-15-7-16-9/h5-8H,1-4H2. The van der Waals surface area contributed by atoms with Crippen molar-refractivity contribution in [1.82, 2.24) is 19.7 Å². The van der Waals surface area contributed by atoms with Gasteiger partial charge in [-0.25, -0.2) is 23.1 Å². The number of nitrogens with zero attached hydrogens (tertiary/aromatic N) is 4. The summed E-state index contributed by atoms with van der Waals surface area (Å²) in [5.41, 5.74) is 0.436. The van der Waals surface area contributed by atoms with Crippen LogP contribution in [0.25, 0.3) is 5.82 Å². The van der Waals surface area contributed by atoms with Crippen molar-refractivity contribution in [2.45, 2.75) is 36.5 Å². The van der Waals surface area contributed by atoms with Crippen LogP contribution in [-0.2, 0) is 9.05 Å². The Labute approximate surface area is 131 Å². The van der Waals surface area contributed by atoms with Gasteiger partial charge in [-0.1, -0.05) is 24.4 Å². The summed E-state index contributed by atoms with van der Waals surface area (Å²) in [4.78, 5) is 7.76. The molecule has 0 aromatic carbocycles. The predicted octanol–water partition coefficient (Wildman–Crippen LogP) is 2.90. The zero-order valence-corrected chi connectivity index (χ0v) is 13.2. The highest BCUT2D eigenvalue weighted by Crippen LogP contribution is 2.40. The summed E-state index contributed by atoms with van der Waals surface area (Å²) in [5, 5.41) is 4.32. The minimum Gasteiger partial charge on any atom is -0.245 e. The van der Waals surface area contributed by atoms with Crippen LogP contribution in [0.4, 0.5) is 0 Å². The molecule has 2 aromatic rings. The van der Waals surface area contributed by atoms with E-state index in [2.05, 4.69) is 15.1 Å². The van der Waals surface area contributed by atoms with Gasteiger partial charge in [0, 0.05) is 28.9 Å². The number of hydrogen-bond donors (Lipinski definition) is 0. The van der Waals surface area contributed by atoms with Crippen LogP contribution in [0.2, 0.25) is 5.15 Å². The van der Waals surface area contributed by atoms with Crippen LogP contribution in [0, 0.1) is 0 Å². The molecule has 2 heterocycles. The zero-order valence-electron chi connectivity index (χ0n) is 10.9. The van der Waals surface area contributed by atoms with Gasteiger partial charge in [0.15, 0.2) is 11.0 Å². The lowest BCUT2D eigenvalue weighted by Gasteiger charge is -2.06. The summed E-state index contributed by atoms with van der Waals surface area (Å²) in [6.07, 6.45) is 6.74. The third-order valence-electron chi connectivity index (χ3n) is 3.58. The van der Waals surface area contributed by atoms with Gasteiger partial charge in [0.25, 0.3) is 9.05 Å². The van der Waals surface area contributed by atoms with Crippen molar-refractivity contribution in [1.29, 1.82) is 0 Å². The average molecular weight is 347 g/mol. The summed E-state index contributed by atoms with van der Waals surface area (Å²) in [5.74, 6) is 0.468. The molecule has 3 rings (SSSR count). The summed E-state index contributed by atoms with van der Waals surface area (Å²) < 4.78 is 25.0. The fraction of sp³-hybridized carbons (Fsp3) is 0.417. The Kier molecular flexibility index (Phi) is 3.90. The van der Waals surface area contributed by atoms with Gasteiger partial charge in [-0.15, -0.1) is 0 Å². The first-order chi connectivity index (χ1) is 9.98. The topological polar surface area (TPSA) is 77.7 Å². The molecule has 1 aliphatic rings. The van der Waals surface area contributed by atoms with Crippen LogP contribution < -0.4 is 0 Å². The molecule has 0 spiro atoms. The second-order valence-electron chi connectivity index (χ2n) is 4.90. The van der Waals surface area contributed by atoms with E-state index in [0.29, 0.717) is 11.5 Å². The Hall–Kier alpha value is -1.18. The summed E-state index contributed by atoms with van der Waals surface area (Å²) in [6.45, 7) is 0. The number of hydrogen-bond acceptors (Lipinski definition) is 5. The Morgan fingerprint density at radius 2 is 2.00 bits per heavy atom. The summed E-state index contributed by atoms with van der Waals surface area (Å²) in [7, 11) is 1.57. The van der Waals surface area contributed by atoms with Gasteiger partial charge < -0.3 is 0 Å². The second kappa shape index (κ2) is 5.55. The lowest BCUT2D eigenvalue weighted by molar-refractivity contribution is 0.604. The molecule has 0 N–H and O–H groups in total. The molecule has 1 saturated carbocycles. The smallest absolute Gasteiger partial charge is 0.245 e. The molecule has 112 valence electrons. The van der Waals surface area contributed by atoms with E-state index in [9.17, 15) is 8.42 Å². The van der Waals surface area contributed by atoms with Crippen LogP contribution in [0.1, 0.15) is 37.3 Å². The first-order valence-corrected chi connectivity index (χ1v) is 9.16. The van der Waals surface area contributed by atoms with Gasteiger partial charge in [-0.3, -0.25) is 0 Å². The van der Waals surface area contributed by atoms with E-state index < -0.39 is 9.05 Å². The molecular weight excluding hydrogens is 335 g/mol. The van der Waals surface area contributed by atoms with Crippen LogP contribution >= 0.6 is 22.3 Å². The molecule has 21 heavy (non-hydrogen) atoms. The molecule has 1 fully saturated rings. The highest BCUT2D eigenvalue weighted by atomic mass is 35.7. The molecule has 0 aliphatic heterocycles. The van der Waals surface area contributed by atoms with Gasteiger partial charge in [-0.05, 0) is 12.8 Å². The van der Waals surface area contributed by atoms with Crippen molar-refractivity contribution >= 4 is 31.3 Å². The zero-order chi connectivity index (χ0) is 15.0. The van der Waals surface area contributed by atoms with Crippen LogP contribution in [-0.4, -0.2) is 28.2 Å². The minimum atomic E-state index is -3.98. The van der Waals surface area contributed by atoms with Gasteiger partial charge in [0.05, 0.1) is 5.69 Å². The fourth-order valence-corrected chi connectivity index (χ4v) is 4.50. The van der Waals surface area contributed by atoms with Crippen molar-refractivity contribution in [2.75, 3.05) is 0 Å². The number of rotatable bonds is 3. The molecule has 1 aliphatic carbocycles. The summed E-state index contributed by atoms with van der Waals surface area (Å²) >= 11 is 6.20. The van der Waals surface area contributed by atoms with Gasteiger partial charge >= 0.3 is 0 Å². The number of aromatic nitrogens is 4. The van der Waals surface area contributed by atoms with Gasteiger partial charge in [0.1, 0.15) is 11.2 Å². The Morgan fingerprint density at radius 1 is 1.29 bits per heavy atom. The van der Waals surface area contributed by atoms with Crippen molar-refractivity contribution in [3.8, 4) is 5.82 Å². The average Bonchev–Trinajstić information content (AvgIpc) is 3.05. The second-order valence-corrected chi connectivity index (χ2v) is 7.76. The van der Waals surface area contributed by atoms with E-state index in [4.69, 9.17) is 22.3 Å². The fourth-order valence-electron chi connectivity index (χ4n) is 2.65. The monoisotopic (exact) mass is 346 g/mol. The molecule has 0 amide bonds. The third kappa shape index (κ3) is 2.77. The quantitative estimate of drug-likeness (QED) is 0.798. The SMILES string of the molecule is O=S(=O)(Cl)c1c(C2CCCC2)nn(-c2ccncn2)c1Cl. The maximum atomic E-state index is 11.9. The molecule has 0 radical (unpaired) electrons. The largest absolute Gasteiger partial charge is 0.266 e. The first-order valence-electron chi connectivity index (χ1n) is 6.48. The van der Waals surface area contributed by atoms with Crippen molar-refractivity contribution < 1.29 is 8.42 Å². The van der Waals surface area contributed by atoms with Gasteiger partial charge in [0.2, 0.25) is 0 Å². The van der Waals surface area contributed by atoms with E-state index in [1.54, 1.807) is 6.07 Å². The summed E-state index contributed by atoms with van der Waals surface area (Å²) in [6, 6.07) is 1.60. The minimum absolute atomic E-state index is 0.0365. The Morgan fingerprint density at radius 3 is 2.57 bits per heavy atom. The van der Waals surface area contributed by atoms with E-state index in [-0.39, 0.29) is 16.0 Å². The maximum Gasteiger partial charge on any atom is 0.266 e. The molecule has 2 aromatic heterocycles. The molecule has 0 bridgehead atoms. The maximum absolute atomic E-state index is 11.9. The van der Waals surface area contributed by atoms with E-state index in [1.807, 2.05) is 0 Å². The molecule has 0 saturated heterocycles. The lowest BCUT2D eigenvalue weighted by atomic mass is 10.1. The Bertz CT molecular complexity index is 755. The molecule has 9 heteroatoms. The number of halogens is 2. The highest BCUT2D eigenvalue weighted by Gasteiger charge is 2.32. The molecule has 0 unspecified atom stereocenters. The van der Waals surface area contributed by atoms with Gasteiger partial charge in [-0.2, -0.15) is 5.10 Å². The normalized spacial score (nSPS) is 16.5. The van der Waals surface area contributed by atoms with Crippen LogP contribution in [0.3, 0.4) is 0 Å². The van der Waals surface area contributed by atoms with Crippen LogP contribution in [0.5, 0.6) is 0 Å².